The number of fused-ring (bicyclic) bond motifs is 8. The van der Waals surface area contributed by atoms with Crippen LogP contribution in [0.1, 0.15) is 31.0 Å². The van der Waals surface area contributed by atoms with Crippen LogP contribution in [0.4, 0.5) is 4.39 Å². The highest BCUT2D eigenvalue weighted by molar-refractivity contribution is 7.26. The number of esters is 1. The lowest BCUT2D eigenvalue weighted by Crippen LogP contribution is -2.45. The van der Waals surface area contributed by atoms with E-state index in [0.717, 1.165) is 64.7 Å². The molecule has 8 aromatic rings. The molecule has 65 heavy (non-hydrogen) atoms. The summed E-state index contributed by atoms with van der Waals surface area (Å²) in [6, 6.07) is 25.6. The lowest BCUT2D eigenvalue weighted by atomic mass is 9.88. The highest BCUT2D eigenvalue weighted by Gasteiger charge is 2.58. The molecule has 15 heteroatoms. The van der Waals surface area contributed by atoms with Crippen LogP contribution in [0.5, 0.6) is 23.1 Å². The molecule has 5 aromatic carbocycles. The van der Waals surface area contributed by atoms with E-state index in [1.165, 1.54) is 29.8 Å². The Hall–Kier alpha value is -6.19. The maximum absolute atomic E-state index is 15.1. The van der Waals surface area contributed by atoms with Crippen LogP contribution in [0.3, 0.4) is 0 Å². The van der Waals surface area contributed by atoms with Crippen LogP contribution in [-0.2, 0) is 21.6 Å². The summed E-state index contributed by atoms with van der Waals surface area (Å²) >= 11 is 8.73. The third-order valence-corrected chi connectivity index (χ3v) is 14.0. The number of piperazine rings is 1. The van der Waals surface area contributed by atoms with Crippen LogP contribution < -0.4 is 18.9 Å². The van der Waals surface area contributed by atoms with E-state index < -0.39 is 17.5 Å². The second kappa shape index (κ2) is 18.0. The number of hydrogen-bond acceptors (Lipinski definition) is 13. The van der Waals surface area contributed by atoms with E-state index in [9.17, 15) is 4.79 Å². The molecule has 1 aliphatic heterocycles. The van der Waals surface area contributed by atoms with Gasteiger partial charge in [-0.1, -0.05) is 48.0 Å². The summed E-state index contributed by atoms with van der Waals surface area (Å²) in [5.74, 6) is 1.61. The first-order valence-electron chi connectivity index (χ1n) is 21.7. The fraction of sp³-hybridized carbons (Fsp3) is 0.300. The number of hydrogen-bond donors (Lipinski definition) is 0. The largest absolute Gasteiger partial charge is 0.496 e. The van der Waals surface area contributed by atoms with Crippen molar-refractivity contribution in [2.24, 2.45) is 0 Å². The van der Waals surface area contributed by atoms with Gasteiger partial charge in [-0.15, -0.1) is 11.3 Å². The Morgan fingerprint density at radius 2 is 1.65 bits per heavy atom. The molecule has 0 spiro atoms. The average molecular weight is 913 g/mol. The van der Waals surface area contributed by atoms with E-state index in [2.05, 4.69) is 21.8 Å². The molecule has 3 aromatic heterocycles. The molecular weight excluding hydrogens is 867 g/mol. The van der Waals surface area contributed by atoms with Gasteiger partial charge in [-0.3, -0.25) is 4.90 Å². The van der Waals surface area contributed by atoms with Crippen molar-refractivity contribution in [2.45, 2.75) is 37.9 Å². The van der Waals surface area contributed by atoms with Gasteiger partial charge in [0.2, 0.25) is 12.0 Å². The molecule has 10 rings (SSSR count). The molecule has 1 atom stereocenters. The lowest BCUT2D eigenvalue weighted by Gasteiger charge is -2.32. The van der Waals surface area contributed by atoms with Gasteiger partial charge in [-0.25, -0.2) is 29.1 Å². The van der Waals surface area contributed by atoms with Crippen molar-refractivity contribution in [2.75, 3.05) is 60.1 Å². The minimum absolute atomic E-state index is 0.145. The Labute approximate surface area is 383 Å². The Morgan fingerprint density at radius 1 is 0.862 bits per heavy atom. The normalized spacial score (nSPS) is 15.6. The van der Waals surface area contributed by atoms with E-state index in [0.29, 0.717) is 74.2 Å². The van der Waals surface area contributed by atoms with Crippen molar-refractivity contribution in [3.05, 3.63) is 120 Å². The highest BCUT2D eigenvalue weighted by atomic mass is 35.5. The van der Waals surface area contributed by atoms with Gasteiger partial charge in [-0.05, 0) is 86.1 Å². The number of aromatic nitrogens is 4. The number of rotatable bonds is 15. The number of benzene rings is 5. The number of carbonyl (C=O) groups excluding carboxylic acids is 1. The van der Waals surface area contributed by atoms with Gasteiger partial charge in [0.25, 0.3) is 0 Å². The summed E-state index contributed by atoms with van der Waals surface area (Å²) in [7, 11) is 3.75. The number of nitrogens with zero attached hydrogens (tertiary/aromatic N) is 6. The fourth-order valence-electron chi connectivity index (χ4n) is 8.97. The number of carbonyl (C=O) groups is 1. The number of methoxy groups -OCH3 is 1. The quantitative estimate of drug-likeness (QED) is 0.0720. The van der Waals surface area contributed by atoms with E-state index >= 15 is 4.39 Å². The van der Waals surface area contributed by atoms with E-state index in [4.69, 9.17) is 50.2 Å². The van der Waals surface area contributed by atoms with E-state index in [1.54, 1.807) is 26.3 Å². The third-order valence-electron chi connectivity index (χ3n) is 12.5. The SMILES string of the molecule is CCOC(=O)[C@H](Oc1ncnc2sc3c4ccc(F)cc4c4c(Cl)c(OCCN5CCN(C)CC5)ccc4c3c12)C1(c2ccccc2OCc2ccnc(-c3ccccc3OC)n2)CC1. The van der Waals surface area contributed by atoms with Crippen LogP contribution in [0.25, 0.3) is 53.2 Å². The first kappa shape index (κ1) is 42.7. The van der Waals surface area contributed by atoms with Crippen molar-refractivity contribution < 1.29 is 32.9 Å². The topological polar surface area (TPSA) is 121 Å². The molecule has 0 amide bonds. The van der Waals surface area contributed by atoms with Crippen molar-refractivity contribution in [1.82, 2.24) is 29.7 Å². The molecule has 0 N–H and O–H groups in total. The summed E-state index contributed by atoms with van der Waals surface area (Å²) in [6.45, 7) is 7.25. The summed E-state index contributed by atoms with van der Waals surface area (Å²) < 4.78 is 47.1. The minimum atomic E-state index is -1.10. The molecule has 0 bridgehead atoms. The van der Waals surface area contributed by atoms with Gasteiger partial charge in [0.15, 0.2) is 5.82 Å². The summed E-state index contributed by atoms with van der Waals surface area (Å²) in [6.07, 6.45) is 3.31. The summed E-state index contributed by atoms with van der Waals surface area (Å²) in [5.41, 5.74) is 1.44. The molecule has 2 fully saturated rings. The Kier molecular flexibility index (Phi) is 11.8. The number of thiophene rings is 1. The van der Waals surface area contributed by atoms with Crippen LogP contribution in [-0.4, -0.2) is 102 Å². The van der Waals surface area contributed by atoms with Gasteiger partial charge >= 0.3 is 5.97 Å². The van der Waals surface area contributed by atoms with Crippen LogP contribution in [0, 0.1) is 5.82 Å². The first-order chi connectivity index (χ1) is 31.8. The lowest BCUT2D eigenvalue weighted by molar-refractivity contribution is -0.153. The molecule has 1 aliphatic carbocycles. The summed E-state index contributed by atoms with van der Waals surface area (Å²) in [4.78, 5) is 38.3. The monoisotopic (exact) mass is 912 g/mol. The van der Waals surface area contributed by atoms with Crippen LogP contribution in [0.2, 0.25) is 5.02 Å². The second-order valence-electron chi connectivity index (χ2n) is 16.4. The highest BCUT2D eigenvalue weighted by Crippen LogP contribution is 2.56. The molecule has 332 valence electrons. The van der Waals surface area contributed by atoms with Crippen molar-refractivity contribution in [3.8, 4) is 34.5 Å². The van der Waals surface area contributed by atoms with Crippen LogP contribution in [0.15, 0.2) is 97.5 Å². The van der Waals surface area contributed by atoms with Crippen molar-refractivity contribution in [3.63, 3.8) is 0 Å². The number of para-hydroxylation sites is 2. The number of ether oxygens (including phenoxy) is 5. The zero-order valence-corrected chi connectivity index (χ0v) is 37.8. The van der Waals surface area contributed by atoms with Crippen LogP contribution >= 0.6 is 22.9 Å². The van der Waals surface area contributed by atoms with Gasteiger partial charge in [-0.2, -0.15) is 0 Å². The second-order valence-corrected chi connectivity index (χ2v) is 17.8. The van der Waals surface area contributed by atoms with Gasteiger partial charge < -0.3 is 28.6 Å². The predicted molar refractivity (Wildman–Crippen MR) is 251 cm³/mol. The molecule has 12 nitrogen and oxygen atoms in total. The van der Waals surface area contributed by atoms with Gasteiger partial charge in [0.1, 0.15) is 47.4 Å². The van der Waals surface area contributed by atoms with E-state index in [1.807, 2.05) is 66.7 Å². The van der Waals surface area contributed by atoms with Crippen molar-refractivity contribution >= 4 is 70.8 Å². The zero-order valence-electron chi connectivity index (χ0n) is 36.2. The fourth-order valence-corrected chi connectivity index (χ4v) is 10.5. The van der Waals surface area contributed by atoms with Crippen molar-refractivity contribution in [1.29, 1.82) is 0 Å². The van der Waals surface area contributed by atoms with E-state index in [-0.39, 0.29) is 24.9 Å². The Bertz CT molecular complexity index is 3090. The number of likely N-dealkylation sites (N-methyl/N-ethyl adjacent to an activating group) is 1. The Balaban J connectivity index is 1.01. The molecule has 0 radical (unpaired) electrons. The average Bonchev–Trinajstić information content (AvgIpc) is 4.03. The minimum Gasteiger partial charge on any atom is -0.496 e. The molecule has 2 aliphatic rings. The molecule has 0 unspecified atom stereocenters. The van der Waals surface area contributed by atoms with Gasteiger partial charge in [0, 0.05) is 70.8 Å². The molecule has 1 saturated carbocycles. The molecular formula is C50H46ClFN6O6S. The molecule has 1 saturated heterocycles. The standard InChI is InChI=1S/C50H46ClFN6O6S/c1-4-61-49(59)45(50(18-19-50)36-10-6-8-12-38(36)63-28-31-17-20-53-46(56-31)33-9-5-7-11-37(33)60-3)64-47-42-41-34-15-16-39(62-26-25-58-23-21-57(2)22-24-58)43(51)40(34)35-27-30(52)13-14-32(35)44(41)65-48(42)55-29-54-47/h5-17,20,27,29,45H,4,18-19,21-26,28H2,1-3H3/t45-/m0/s1. The van der Waals surface area contributed by atoms with Gasteiger partial charge in [0.05, 0.1) is 35.4 Å². The first-order valence-corrected chi connectivity index (χ1v) is 22.9. The molecule has 4 heterocycles. The number of halogens is 2. The maximum Gasteiger partial charge on any atom is 0.348 e. The maximum atomic E-state index is 15.1. The summed E-state index contributed by atoms with van der Waals surface area (Å²) in [5, 5.41) is 4.64. The third kappa shape index (κ3) is 8.13. The predicted octanol–water partition coefficient (Wildman–Crippen LogP) is 9.66. The Morgan fingerprint density at radius 3 is 2.45 bits per heavy atom. The zero-order chi connectivity index (χ0) is 44.7. The smallest absolute Gasteiger partial charge is 0.348 e.